The third-order valence-corrected chi connectivity index (χ3v) is 5.88. The molecule has 1 atom stereocenters. The number of halogens is 2. The highest BCUT2D eigenvalue weighted by molar-refractivity contribution is 6.35. The molecule has 0 fully saturated rings. The molecule has 0 amide bonds. The van der Waals surface area contributed by atoms with E-state index in [0.717, 1.165) is 6.07 Å². The average molecular weight is 445 g/mol. The van der Waals surface area contributed by atoms with Crippen molar-refractivity contribution in [3.8, 4) is 23.0 Å². The second-order valence-corrected chi connectivity index (χ2v) is 7.57. The highest BCUT2D eigenvalue weighted by atomic mass is 35.5. The number of aromatic hydroxyl groups is 2. The first kappa shape index (κ1) is 18.6. The van der Waals surface area contributed by atoms with Crippen LogP contribution >= 0.6 is 23.2 Å². The first-order chi connectivity index (χ1) is 14.3. The summed E-state index contributed by atoms with van der Waals surface area (Å²) in [6.07, 6.45) is 0. The van der Waals surface area contributed by atoms with E-state index in [0.29, 0.717) is 5.56 Å². The summed E-state index contributed by atoms with van der Waals surface area (Å²) in [5, 5.41) is 29.6. The van der Waals surface area contributed by atoms with Gasteiger partial charge >= 0.3 is 11.9 Å². The zero-order chi connectivity index (χ0) is 21.4. The molecule has 1 spiro atoms. The van der Waals surface area contributed by atoms with Gasteiger partial charge in [0.05, 0.1) is 26.7 Å². The number of benzene rings is 3. The van der Waals surface area contributed by atoms with Gasteiger partial charge in [0.15, 0.2) is 5.60 Å². The van der Waals surface area contributed by atoms with E-state index in [2.05, 4.69) is 0 Å². The van der Waals surface area contributed by atoms with Crippen molar-refractivity contribution in [2.75, 3.05) is 0 Å². The van der Waals surface area contributed by atoms with Crippen LogP contribution in [0.2, 0.25) is 10.0 Å². The van der Waals surface area contributed by atoms with E-state index < -0.39 is 33.9 Å². The number of ether oxygens (including phenoxy) is 2. The number of carbonyl (C=O) groups excluding carboxylic acids is 1. The van der Waals surface area contributed by atoms with Crippen LogP contribution in [0.25, 0.3) is 0 Å². The molecule has 2 heterocycles. The Labute approximate surface area is 178 Å². The smallest absolute Gasteiger partial charge is 0.340 e. The lowest BCUT2D eigenvalue weighted by atomic mass is 9.75. The van der Waals surface area contributed by atoms with Gasteiger partial charge in [0.1, 0.15) is 23.0 Å². The van der Waals surface area contributed by atoms with Crippen LogP contribution in [0.4, 0.5) is 0 Å². The van der Waals surface area contributed by atoms with Crippen molar-refractivity contribution >= 4 is 35.1 Å². The quantitative estimate of drug-likeness (QED) is 0.467. The zero-order valence-corrected chi connectivity index (χ0v) is 16.3. The maximum Gasteiger partial charge on any atom is 0.340 e. The van der Waals surface area contributed by atoms with Gasteiger partial charge in [-0.15, -0.1) is 0 Å². The molecule has 3 N–H and O–H groups in total. The molecule has 0 aromatic heterocycles. The van der Waals surface area contributed by atoms with E-state index >= 15 is 0 Å². The molecule has 5 rings (SSSR count). The van der Waals surface area contributed by atoms with E-state index in [1.807, 2.05) is 0 Å². The van der Waals surface area contributed by atoms with Crippen molar-refractivity contribution in [1.29, 1.82) is 0 Å². The number of phenols is 2. The molecule has 3 aromatic rings. The first-order valence-electron chi connectivity index (χ1n) is 8.58. The van der Waals surface area contributed by atoms with Crippen molar-refractivity contribution in [3.05, 3.63) is 80.3 Å². The maximum atomic E-state index is 12.8. The van der Waals surface area contributed by atoms with Crippen LogP contribution in [0.5, 0.6) is 23.0 Å². The first-order valence-corrected chi connectivity index (χ1v) is 9.34. The zero-order valence-electron chi connectivity index (χ0n) is 14.8. The average Bonchev–Trinajstić information content (AvgIpc) is 2.99. The number of aromatic carboxylic acids is 1. The Balaban J connectivity index is 2.00. The second-order valence-electron chi connectivity index (χ2n) is 6.78. The lowest BCUT2D eigenvalue weighted by molar-refractivity contribution is 0.0215. The van der Waals surface area contributed by atoms with Crippen molar-refractivity contribution in [3.63, 3.8) is 0 Å². The van der Waals surface area contributed by atoms with E-state index in [4.69, 9.17) is 32.7 Å². The molecular weight excluding hydrogens is 435 g/mol. The van der Waals surface area contributed by atoms with Gasteiger partial charge in [-0.05, 0) is 12.1 Å². The third kappa shape index (κ3) is 2.21. The minimum Gasteiger partial charge on any atom is -0.506 e. The Morgan fingerprint density at radius 3 is 2.40 bits per heavy atom. The number of fused-ring (bicyclic) bond motifs is 6. The lowest BCUT2D eigenvalue weighted by Crippen LogP contribution is -2.35. The largest absolute Gasteiger partial charge is 0.506 e. The van der Waals surface area contributed by atoms with Crippen LogP contribution < -0.4 is 4.74 Å². The fourth-order valence-corrected chi connectivity index (χ4v) is 4.40. The van der Waals surface area contributed by atoms with Gasteiger partial charge < -0.3 is 24.8 Å². The van der Waals surface area contributed by atoms with E-state index in [-0.39, 0.29) is 39.0 Å². The van der Waals surface area contributed by atoms with Crippen molar-refractivity contribution in [1.82, 2.24) is 0 Å². The molecule has 7 nitrogen and oxygen atoms in total. The van der Waals surface area contributed by atoms with Crippen molar-refractivity contribution in [2.24, 2.45) is 0 Å². The van der Waals surface area contributed by atoms with E-state index in [9.17, 15) is 24.9 Å². The molecule has 30 heavy (non-hydrogen) atoms. The molecule has 3 aromatic carbocycles. The molecule has 0 bridgehead atoms. The monoisotopic (exact) mass is 444 g/mol. The fraction of sp³-hybridized carbons (Fsp3) is 0.0476. The van der Waals surface area contributed by atoms with Gasteiger partial charge in [0.2, 0.25) is 0 Å². The highest BCUT2D eigenvalue weighted by Gasteiger charge is 2.56. The molecular formula is C21H10Cl2O7. The molecule has 0 saturated carbocycles. The molecule has 150 valence electrons. The number of carboxylic acid groups (broad SMARTS) is 1. The summed E-state index contributed by atoms with van der Waals surface area (Å²) in [7, 11) is 0. The number of hydrogen-bond acceptors (Lipinski definition) is 6. The van der Waals surface area contributed by atoms with Crippen LogP contribution in [-0.2, 0) is 10.3 Å². The van der Waals surface area contributed by atoms with Gasteiger partial charge in [-0.25, -0.2) is 9.59 Å². The van der Waals surface area contributed by atoms with Gasteiger partial charge in [-0.1, -0.05) is 41.4 Å². The number of esters is 1. The summed E-state index contributed by atoms with van der Waals surface area (Å²) in [4.78, 5) is 24.9. The third-order valence-electron chi connectivity index (χ3n) is 5.19. The van der Waals surface area contributed by atoms with Crippen LogP contribution in [0.15, 0.2) is 42.5 Å². The Kier molecular flexibility index (Phi) is 3.75. The summed E-state index contributed by atoms with van der Waals surface area (Å²) in [6, 6.07) is 10.2. The maximum absolute atomic E-state index is 12.8. The lowest BCUT2D eigenvalue weighted by Gasteiger charge is -2.37. The van der Waals surface area contributed by atoms with Crippen LogP contribution in [0.1, 0.15) is 37.4 Å². The van der Waals surface area contributed by atoms with Gasteiger partial charge in [-0.3, -0.25) is 0 Å². The second kappa shape index (κ2) is 6.04. The predicted molar refractivity (Wildman–Crippen MR) is 105 cm³/mol. The number of phenolic OH excluding ortho intramolecular Hbond substituents is 2. The SMILES string of the molecule is O=C1OC2(c3cc(Cl)c(O)cc3Oc3cc(O)c(Cl)c(C(=O)O)c32)c2ccccc21. The number of rotatable bonds is 1. The number of carbonyl (C=O) groups is 2. The van der Waals surface area contributed by atoms with Gasteiger partial charge in [0.25, 0.3) is 0 Å². The molecule has 0 aliphatic carbocycles. The molecule has 1 unspecified atom stereocenters. The molecule has 2 aliphatic rings. The normalized spacial score (nSPS) is 18.3. The van der Waals surface area contributed by atoms with Crippen molar-refractivity contribution in [2.45, 2.75) is 5.60 Å². The predicted octanol–water partition coefficient (Wildman–Crippen LogP) is 4.67. The Morgan fingerprint density at radius 1 is 0.967 bits per heavy atom. The van der Waals surface area contributed by atoms with E-state index in [1.165, 1.54) is 12.1 Å². The molecule has 9 heteroatoms. The fourth-order valence-electron chi connectivity index (χ4n) is 4.01. The number of carboxylic acids is 1. The summed E-state index contributed by atoms with van der Waals surface area (Å²) < 4.78 is 11.6. The Morgan fingerprint density at radius 2 is 1.67 bits per heavy atom. The summed E-state index contributed by atoms with van der Waals surface area (Å²) >= 11 is 12.3. The van der Waals surface area contributed by atoms with Crippen LogP contribution in [-0.4, -0.2) is 27.3 Å². The van der Waals surface area contributed by atoms with E-state index in [1.54, 1.807) is 24.3 Å². The number of hydrogen-bond donors (Lipinski definition) is 3. The van der Waals surface area contributed by atoms with Crippen LogP contribution in [0.3, 0.4) is 0 Å². The standard InChI is InChI=1S/C21H10Cl2O7/c22-11-5-10-14(6-12(11)24)29-15-7-13(25)18(23)16(19(26)27)17(15)21(10)9-4-2-1-3-8(9)20(28)30-21/h1-7,24-25H,(H,26,27). The van der Waals surface area contributed by atoms with Crippen molar-refractivity contribution < 1.29 is 34.4 Å². The van der Waals surface area contributed by atoms with Gasteiger partial charge in [0, 0.05) is 23.3 Å². The summed E-state index contributed by atoms with van der Waals surface area (Å²) in [5.41, 5.74) is -1.52. The summed E-state index contributed by atoms with van der Waals surface area (Å²) in [5.74, 6) is -2.97. The van der Waals surface area contributed by atoms with Crippen LogP contribution in [0, 0.1) is 0 Å². The minimum absolute atomic E-state index is 0.0534. The molecule has 2 aliphatic heterocycles. The topological polar surface area (TPSA) is 113 Å². The molecule has 0 radical (unpaired) electrons. The summed E-state index contributed by atoms with van der Waals surface area (Å²) in [6.45, 7) is 0. The highest BCUT2D eigenvalue weighted by Crippen LogP contribution is 2.59. The Bertz CT molecular complexity index is 1300. The van der Waals surface area contributed by atoms with Gasteiger partial charge in [-0.2, -0.15) is 0 Å². The Hall–Kier alpha value is -3.42. The minimum atomic E-state index is -1.76. The molecule has 0 saturated heterocycles.